The summed E-state index contributed by atoms with van der Waals surface area (Å²) in [5.74, 6) is -1.33. The lowest BCUT2D eigenvalue weighted by molar-refractivity contribution is 0.0695. The molecule has 7 heteroatoms. The fourth-order valence-corrected chi connectivity index (χ4v) is 1.35. The summed E-state index contributed by atoms with van der Waals surface area (Å²) in [5.41, 5.74) is 1.53. The van der Waals surface area contributed by atoms with E-state index < -0.39 is 11.9 Å². The number of carboxylic acids is 1. The minimum Gasteiger partial charge on any atom is -0.478 e. The van der Waals surface area contributed by atoms with Crippen LogP contribution in [-0.4, -0.2) is 27.1 Å². The van der Waals surface area contributed by atoms with E-state index in [9.17, 15) is 9.59 Å². The molecule has 1 amide bonds. The third-order valence-electron chi connectivity index (χ3n) is 2.63. The Morgan fingerprint density at radius 3 is 2.53 bits per heavy atom. The molecule has 7 nitrogen and oxygen atoms in total. The smallest absolute Gasteiger partial charge is 0.337 e. The maximum atomic E-state index is 11.8. The van der Waals surface area contributed by atoms with Gasteiger partial charge in [-0.05, 0) is 26.0 Å². The molecule has 0 aliphatic rings. The second-order valence-corrected chi connectivity index (χ2v) is 3.91. The van der Waals surface area contributed by atoms with Crippen molar-refractivity contribution in [3.63, 3.8) is 0 Å². The monoisotopic (exact) mass is 261 g/mol. The molecule has 0 spiro atoms. The highest BCUT2D eigenvalue weighted by molar-refractivity contribution is 6.02. The van der Waals surface area contributed by atoms with E-state index in [1.807, 2.05) is 0 Å². The predicted octanol–water partition coefficient (Wildman–Crippen LogP) is 1.64. The standard InChI is InChI=1S/C12H11N3O4/c1-6-7(2)15-19-11(6)14-10(16)9-4-3-8(5-13-9)12(17)18/h3-5H,1-2H3,(H,14,16)(H,17,18). The molecule has 2 aromatic heterocycles. The average molecular weight is 261 g/mol. The van der Waals surface area contributed by atoms with Gasteiger partial charge in [-0.25, -0.2) is 4.79 Å². The second-order valence-electron chi connectivity index (χ2n) is 3.91. The van der Waals surface area contributed by atoms with Gasteiger partial charge in [0.2, 0.25) is 5.88 Å². The highest BCUT2D eigenvalue weighted by Crippen LogP contribution is 2.17. The van der Waals surface area contributed by atoms with Crippen molar-refractivity contribution in [1.82, 2.24) is 10.1 Å². The highest BCUT2D eigenvalue weighted by atomic mass is 16.5. The molecular formula is C12H11N3O4. The van der Waals surface area contributed by atoms with Gasteiger partial charge in [-0.3, -0.25) is 15.1 Å². The normalized spacial score (nSPS) is 10.2. The van der Waals surface area contributed by atoms with Gasteiger partial charge in [-0.15, -0.1) is 0 Å². The lowest BCUT2D eigenvalue weighted by Crippen LogP contribution is -2.14. The van der Waals surface area contributed by atoms with Crippen LogP contribution >= 0.6 is 0 Å². The number of amides is 1. The lowest BCUT2D eigenvalue weighted by atomic mass is 10.2. The maximum absolute atomic E-state index is 11.8. The van der Waals surface area contributed by atoms with Crippen LogP contribution < -0.4 is 5.32 Å². The number of aromatic nitrogens is 2. The van der Waals surface area contributed by atoms with E-state index in [0.717, 1.165) is 11.8 Å². The van der Waals surface area contributed by atoms with Gasteiger partial charge < -0.3 is 9.63 Å². The van der Waals surface area contributed by atoms with Gasteiger partial charge in [0.15, 0.2) is 0 Å². The van der Waals surface area contributed by atoms with Crippen molar-refractivity contribution in [1.29, 1.82) is 0 Å². The first kappa shape index (κ1) is 12.7. The summed E-state index contributed by atoms with van der Waals surface area (Å²) in [5, 5.41) is 15.0. The summed E-state index contributed by atoms with van der Waals surface area (Å²) >= 11 is 0. The van der Waals surface area contributed by atoms with Gasteiger partial charge >= 0.3 is 5.97 Å². The average Bonchev–Trinajstić information content (AvgIpc) is 2.71. The topological polar surface area (TPSA) is 105 Å². The molecule has 0 unspecified atom stereocenters. The van der Waals surface area contributed by atoms with Crippen LogP contribution in [0.1, 0.15) is 32.1 Å². The van der Waals surface area contributed by atoms with Crippen molar-refractivity contribution in [3.8, 4) is 0 Å². The van der Waals surface area contributed by atoms with Crippen molar-refractivity contribution in [3.05, 3.63) is 40.8 Å². The molecule has 2 N–H and O–H groups in total. The van der Waals surface area contributed by atoms with Crippen LogP contribution in [0.25, 0.3) is 0 Å². The number of nitrogens with one attached hydrogen (secondary N) is 1. The summed E-state index contributed by atoms with van der Waals surface area (Å²) in [6, 6.07) is 2.64. The van der Waals surface area contributed by atoms with Crippen LogP contribution in [0.3, 0.4) is 0 Å². The first-order chi connectivity index (χ1) is 8.99. The molecular weight excluding hydrogens is 250 g/mol. The molecule has 2 rings (SSSR count). The summed E-state index contributed by atoms with van der Waals surface area (Å²) < 4.78 is 4.95. The Labute approximate surface area is 108 Å². The van der Waals surface area contributed by atoms with E-state index in [1.165, 1.54) is 12.1 Å². The Kier molecular flexibility index (Phi) is 3.28. The predicted molar refractivity (Wildman–Crippen MR) is 65.1 cm³/mol. The van der Waals surface area contributed by atoms with Crippen LogP contribution in [0, 0.1) is 13.8 Å². The van der Waals surface area contributed by atoms with Gasteiger partial charge in [0.1, 0.15) is 5.69 Å². The van der Waals surface area contributed by atoms with Gasteiger partial charge in [-0.2, -0.15) is 0 Å². The summed E-state index contributed by atoms with van der Waals surface area (Å²) in [6.07, 6.45) is 1.12. The molecule has 0 radical (unpaired) electrons. The third-order valence-corrected chi connectivity index (χ3v) is 2.63. The number of rotatable bonds is 3. The quantitative estimate of drug-likeness (QED) is 0.870. The largest absolute Gasteiger partial charge is 0.478 e. The van der Waals surface area contributed by atoms with Crippen LogP contribution in [0.15, 0.2) is 22.9 Å². The lowest BCUT2D eigenvalue weighted by Gasteiger charge is -2.02. The minimum atomic E-state index is -1.10. The summed E-state index contributed by atoms with van der Waals surface area (Å²) in [4.78, 5) is 26.3. The van der Waals surface area contributed by atoms with Crippen molar-refractivity contribution >= 4 is 17.8 Å². The van der Waals surface area contributed by atoms with E-state index in [0.29, 0.717) is 5.69 Å². The molecule has 98 valence electrons. The molecule has 0 saturated carbocycles. The molecule has 0 bridgehead atoms. The number of carboxylic acid groups (broad SMARTS) is 1. The summed E-state index contributed by atoms with van der Waals surface area (Å²) in [6.45, 7) is 3.52. The molecule has 2 aromatic rings. The Bertz CT molecular complexity index is 631. The second kappa shape index (κ2) is 4.89. The SMILES string of the molecule is Cc1noc(NC(=O)c2ccc(C(=O)O)cn2)c1C. The van der Waals surface area contributed by atoms with Crippen molar-refractivity contribution < 1.29 is 19.2 Å². The molecule has 0 fully saturated rings. The molecule has 0 saturated heterocycles. The zero-order valence-electron chi connectivity index (χ0n) is 10.3. The van der Waals surface area contributed by atoms with Gasteiger partial charge in [-0.1, -0.05) is 5.16 Å². The number of aryl methyl sites for hydroxylation is 1. The van der Waals surface area contributed by atoms with E-state index >= 15 is 0 Å². The van der Waals surface area contributed by atoms with Crippen molar-refractivity contribution in [2.45, 2.75) is 13.8 Å². The fraction of sp³-hybridized carbons (Fsp3) is 0.167. The molecule has 2 heterocycles. The number of anilines is 1. The van der Waals surface area contributed by atoms with Gasteiger partial charge in [0, 0.05) is 11.8 Å². The maximum Gasteiger partial charge on any atom is 0.337 e. The van der Waals surface area contributed by atoms with Crippen LogP contribution in [0.5, 0.6) is 0 Å². The Morgan fingerprint density at radius 1 is 1.32 bits per heavy atom. The number of carbonyl (C=O) groups excluding carboxylic acids is 1. The van der Waals surface area contributed by atoms with Crippen LogP contribution in [-0.2, 0) is 0 Å². The molecule has 0 aromatic carbocycles. The molecule has 0 aliphatic heterocycles. The van der Waals surface area contributed by atoms with E-state index in [1.54, 1.807) is 13.8 Å². The third kappa shape index (κ3) is 2.59. The van der Waals surface area contributed by atoms with Crippen LogP contribution in [0.2, 0.25) is 0 Å². The Morgan fingerprint density at radius 2 is 2.05 bits per heavy atom. The Balaban J connectivity index is 2.16. The van der Waals surface area contributed by atoms with Crippen molar-refractivity contribution in [2.24, 2.45) is 0 Å². The van der Waals surface area contributed by atoms with Crippen molar-refractivity contribution in [2.75, 3.05) is 5.32 Å². The van der Waals surface area contributed by atoms with Gasteiger partial charge in [0.25, 0.3) is 5.91 Å². The number of hydrogen-bond donors (Lipinski definition) is 2. The number of hydrogen-bond acceptors (Lipinski definition) is 5. The molecule has 19 heavy (non-hydrogen) atoms. The van der Waals surface area contributed by atoms with E-state index in [4.69, 9.17) is 9.63 Å². The van der Waals surface area contributed by atoms with E-state index in [2.05, 4.69) is 15.5 Å². The molecule has 0 atom stereocenters. The number of nitrogens with zero attached hydrogens (tertiary/aromatic N) is 2. The first-order valence-electron chi connectivity index (χ1n) is 5.42. The fourth-order valence-electron chi connectivity index (χ4n) is 1.35. The Hall–Kier alpha value is -2.70. The number of pyridine rings is 1. The van der Waals surface area contributed by atoms with Crippen LogP contribution in [0.4, 0.5) is 5.88 Å². The summed E-state index contributed by atoms with van der Waals surface area (Å²) in [7, 11) is 0. The minimum absolute atomic E-state index is 0.0169. The molecule has 0 aliphatic carbocycles. The first-order valence-corrected chi connectivity index (χ1v) is 5.42. The number of carbonyl (C=O) groups is 2. The zero-order chi connectivity index (χ0) is 14.0. The zero-order valence-corrected chi connectivity index (χ0v) is 10.3. The van der Waals surface area contributed by atoms with E-state index in [-0.39, 0.29) is 17.1 Å². The highest BCUT2D eigenvalue weighted by Gasteiger charge is 2.14. The van der Waals surface area contributed by atoms with Gasteiger partial charge in [0.05, 0.1) is 11.3 Å². The number of aromatic carboxylic acids is 1.